The number of nitrogen functional groups attached to an aromatic ring is 1. The van der Waals surface area contributed by atoms with E-state index < -0.39 is 0 Å². The summed E-state index contributed by atoms with van der Waals surface area (Å²) in [4.78, 5) is 12.2. The van der Waals surface area contributed by atoms with E-state index in [1.54, 1.807) is 12.1 Å². The predicted molar refractivity (Wildman–Crippen MR) is 80.4 cm³/mol. The number of unbranched alkanes of at least 4 members (excludes halogenated alkanes) is 1. The van der Waals surface area contributed by atoms with E-state index in [-0.39, 0.29) is 11.9 Å². The lowest BCUT2D eigenvalue weighted by molar-refractivity contribution is 0.0938. The van der Waals surface area contributed by atoms with Crippen LogP contribution >= 0.6 is 0 Å². The highest BCUT2D eigenvalue weighted by Gasteiger charge is 2.16. The lowest BCUT2D eigenvalue weighted by Crippen LogP contribution is -2.33. The fourth-order valence-corrected chi connectivity index (χ4v) is 1.98. The monoisotopic (exact) mass is 280 g/mol. The molecule has 0 heterocycles. The first kappa shape index (κ1) is 16.1. The lowest BCUT2D eigenvalue weighted by atomic mass is 10.1. The summed E-state index contributed by atoms with van der Waals surface area (Å²) < 4.78 is 10.3. The summed E-state index contributed by atoms with van der Waals surface area (Å²) in [6, 6.07) is 3.33. The smallest absolute Gasteiger partial charge is 0.253 e. The van der Waals surface area contributed by atoms with Crippen molar-refractivity contribution in [3.05, 3.63) is 17.7 Å². The molecule has 20 heavy (non-hydrogen) atoms. The van der Waals surface area contributed by atoms with Gasteiger partial charge in [0.1, 0.15) is 0 Å². The minimum Gasteiger partial charge on any atom is -0.493 e. The zero-order valence-corrected chi connectivity index (χ0v) is 12.7. The number of nitrogens with two attached hydrogens (primary N) is 1. The maximum atomic E-state index is 12.2. The van der Waals surface area contributed by atoms with Crippen molar-refractivity contribution < 1.29 is 14.3 Å². The summed E-state index contributed by atoms with van der Waals surface area (Å²) in [5, 5.41) is 2.95. The third-order valence-electron chi connectivity index (χ3n) is 3.17. The average Bonchev–Trinajstić information content (AvgIpc) is 2.44. The first-order valence-electron chi connectivity index (χ1n) is 6.85. The molecule has 112 valence electrons. The van der Waals surface area contributed by atoms with Gasteiger partial charge in [-0.15, -0.1) is 0 Å². The van der Waals surface area contributed by atoms with Crippen LogP contribution in [-0.2, 0) is 0 Å². The van der Waals surface area contributed by atoms with Gasteiger partial charge in [0, 0.05) is 17.8 Å². The number of methoxy groups -OCH3 is 2. The number of rotatable bonds is 7. The van der Waals surface area contributed by atoms with E-state index >= 15 is 0 Å². The summed E-state index contributed by atoms with van der Waals surface area (Å²) >= 11 is 0. The molecule has 0 bridgehead atoms. The Hall–Kier alpha value is -1.91. The Labute approximate surface area is 120 Å². The normalized spacial score (nSPS) is 11.8. The zero-order valence-electron chi connectivity index (χ0n) is 12.7. The van der Waals surface area contributed by atoms with E-state index in [9.17, 15) is 4.79 Å². The summed E-state index contributed by atoms with van der Waals surface area (Å²) in [6.45, 7) is 4.12. The van der Waals surface area contributed by atoms with Crippen molar-refractivity contribution in [3.8, 4) is 11.5 Å². The summed E-state index contributed by atoms with van der Waals surface area (Å²) in [5.41, 5.74) is 6.69. The van der Waals surface area contributed by atoms with Crippen LogP contribution in [0.2, 0.25) is 0 Å². The number of anilines is 1. The Morgan fingerprint density at radius 1 is 1.30 bits per heavy atom. The van der Waals surface area contributed by atoms with Crippen LogP contribution in [0.25, 0.3) is 0 Å². The molecule has 1 rings (SSSR count). The fraction of sp³-hybridized carbons (Fsp3) is 0.533. The predicted octanol–water partition coefficient (Wildman–Crippen LogP) is 2.59. The Kier molecular flexibility index (Phi) is 6.15. The van der Waals surface area contributed by atoms with Gasteiger partial charge in [-0.05, 0) is 19.4 Å². The minimum atomic E-state index is -0.188. The van der Waals surface area contributed by atoms with Gasteiger partial charge in [-0.2, -0.15) is 0 Å². The molecule has 0 aliphatic rings. The van der Waals surface area contributed by atoms with E-state index in [2.05, 4.69) is 12.2 Å². The second-order valence-corrected chi connectivity index (χ2v) is 4.81. The third kappa shape index (κ3) is 4.05. The first-order chi connectivity index (χ1) is 9.53. The third-order valence-corrected chi connectivity index (χ3v) is 3.17. The molecule has 0 aliphatic heterocycles. The van der Waals surface area contributed by atoms with Crippen molar-refractivity contribution in [1.29, 1.82) is 0 Å². The molecule has 1 aromatic rings. The maximum absolute atomic E-state index is 12.2. The average molecular weight is 280 g/mol. The van der Waals surface area contributed by atoms with Crippen molar-refractivity contribution in [2.75, 3.05) is 20.0 Å². The van der Waals surface area contributed by atoms with Gasteiger partial charge in [-0.25, -0.2) is 0 Å². The molecule has 0 fully saturated rings. The number of hydrogen-bond donors (Lipinski definition) is 2. The maximum Gasteiger partial charge on any atom is 0.253 e. The summed E-state index contributed by atoms with van der Waals surface area (Å²) in [5.74, 6) is 0.820. The van der Waals surface area contributed by atoms with Crippen LogP contribution in [0.4, 0.5) is 5.69 Å². The number of carbonyl (C=O) groups excluding carboxylic acids is 1. The van der Waals surface area contributed by atoms with Crippen molar-refractivity contribution >= 4 is 11.6 Å². The largest absolute Gasteiger partial charge is 0.493 e. The molecule has 1 atom stereocenters. The number of nitrogens with one attached hydrogen (secondary N) is 1. The van der Waals surface area contributed by atoms with Crippen LogP contribution in [-0.4, -0.2) is 26.2 Å². The molecule has 0 aliphatic carbocycles. The van der Waals surface area contributed by atoms with E-state index in [4.69, 9.17) is 15.2 Å². The van der Waals surface area contributed by atoms with Crippen LogP contribution < -0.4 is 20.5 Å². The quantitative estimate of drug-likeness (QED) is 0.753. The van der Waals surface area contributed by atoms with Gasteiger partial charge in [0.2, 0.25) is 0 Å². The summed E-state index contributed by atoms with van der Waals surface area (Å²) in [6.07, 6.45) is 3.15. The molecule has 0 saturated heterocycles. The Morgan fingerprint density at radius 2 is 1.90 bits per heavy atom. The molecule has 0 spiro atoms. The number of benzene rings is 1. The Bertz CT molecular complexity index is 461. The lowest BCUT2D eigenvalue weighted by Gasteiger charge is -2.16. The molecule has 5 nitrogen and oxygen atoms in total. The molecular formula is C15H24N2O3. The van der Waals surface area contributed by atoms with Gasteiger partial charge < -0.3 is 20.5 Å². The van der Waals surface area contributed by atoms with Crippen molar-refractivity contribution in [1.82, 2.24) is 5.32 Å². The van der Waals surface area contributed by atoms with Gasteiger partial charge >= 0.3 is 0 Å². The van der Waals surface area contributed by atoms with Crippen molar-refractivity contribution in [3.63, 3.8) is 0 Å². The SMILES string of the molecule is CCCCC(C)NC(=O)c1cc(OC)c(OC)cc1N. The second kappa shape index (κ2) is 7.62. The highest BCUT2D eigenvalue weighted by Crippen LogP contribution is 2.31. The highest BCUT2D eigenvalue weighted by atomic mass is 16.5. The molecule has 1 aromatic carbocycles. The van der Waals surface area contributed by atoms with E-state index in [0.717, 1.165) is 19.3 Å². The number of amides is 1. The Morgan fingerprint density at radius 3 is 2.45 bits per heavy atom. The fourth-order valence-electron chi connectivity index (χ4n) is 1.98. The van der Waals surface area contributed by atoms with E-state index in [1.807, 2.05) is 6.92 Å². The molecular weight excluding hydrogens is 256 g/mol. The van der Waals surface area contributed by atoms with Gasteiger partial charge in [0.15, 0.2) is 11.5 Å². The van der Waals surface area contributed by atoms with Gasteiger partial charge in [-0.3, -0.25) is 4.79 Å². The molecule has 0 radical (unpaired) electrons. The van der Waals surface area contributed by atoms with Gasteiger partial charge in [-0.1, -0.05) is 19.8 Å². The van der Waals surface area contributed by atoms with Crippen LogP contribution in [0.5, 0.6) is 11.5 Å². The van der Waals surface area contributed by atoms with Crippen LogP contribution in [0.15, 0.2) is 12.1 Å². The molecule has 0 saturated carbocycles. The Balaban J connectivity index is 2.87. The highest BCUT2D eigenvalue weighted by molar-refractivity contribution is 6.00. The molecule has 1 amide bonds. The molecule has 3 N–H and O–H groups in total. The van der Waals surface area contributed by atoms with E-state index in [0.29, 0.717) is 22.7 Å². The van der Waals surface area contributed by atoms with Crippen LogP contribution in [0.3, 0.4) is 0 Å². The number of hydrogen-bond acceptors (Lipinski definition) is 4. The van der Waals surface area contributed by atoms with Crippen molar-refractivity contribution in [2.45, 2.75) is 39.2 Å². The van der Waals surface area contributed by atoms with E-state index in [1.165, 1.54) is 14.2 Å². The first-order valence-corrected chi connectivity index (χ1v) is 6.85. The standard InChI is InChI=1S/C15H24N2O3/c1-5-6-7-10(2)17-15(18)11-8-13(19-3)14(20-4)9-12(11)16/h8-10H,5-7,16H2,1-4H3,(H,17,18). The summed E-state index contributed by atoms with van der Waals surface area (Å²) in [7, 11) is 3.06. The molecule has 1 unspecified atom stereocenters. The van der Waals surface area contributed by atoms with Crippen LogP contribution in [0, 0.1) is 0 Å². The second-order valence-electron chi connectivity index (χ2n) is 4.81. The zero-order chi connectivity index (χ0) is 15.1. The molecule has 5 heteroatoms. The van der Waals surface area contributed by atoms with Gasteiger partial charge in [0.25, 0.3) is 5.91 Å². The number of carbonyl (C=O) groups is 1. The van der Waals surface area contributed by atoms with Crippen molar-refractivity contribution in [2.24, 2.45) is 0 Å². The minimum absolute atomic E-state index is 0.120. The number of ether oxygens (including phenoxy) is 2. The molecule has 0 aromatic heterocycles. The topological polar surface area (TPSA) is 73.6 Å². The van der Waals surface area contributed by atoms with Gasteiger partial charge in [0.05, 0.1) is 19.8 Å². The van der Waals surface area contributed by atoms with Crippen LogP contribution in [0.1, 0.15) is 43.5 Å².